The summed E-state index contributed by atoms with van der Waals surface area (Å²) in [6, 6.07) is 7.34. The first-order chi connectivity index (χ1) is 5.75. The Morgan fingerprint density at radius 1 is 1.67 bits per heavy atom. The van der Waals surface area contributed by atoms with Gasteiger partial charge in [0.15, 0.2) is 5.78 Å². The number of phenols is 1. The van der Waals surface area contributed by atoms with Crippen molar-refractivity contribution in [3.8, 4) is 5.75 Å². The molecule has 0 spiro atoms. The molecule has 0 aromatic heterocycles. The van der Waals surface area contributed by atoms with Gasteiger partial charge in [-0.25, -0.2) is 0 Å². The van der Waals surface area contributed by atoms with Crippen LogP contribution in [0.5, 0.6) is 5.75 Å². The summed E-state index contributed by atoms with van der Waals surface area (Å²) in [7, 11) is 0. The predicted molar refractivity (Wildman–Crippen MR) is 46.2 cm³/mol. The summed E-state index contributed by atoms with van der Waals surface area (Å²) in [6.07, 6.45) is 1.28. The molecule has 0 saturated carbocycles. The summed E-state index contributed by atoms with van der Waals surface area (Å²) >= 11 is 0. The molecule has 1 aromatic rings. The van der Waals surface area contributed by atoms with E-state index in [4.69, 9.17) is 0 Å². The van der Waals surface area contributed by atoms with E-state index in [0.29, 0.717) is 12.0 Å². The van der Waals surface area contributed by atoms with Crippen LogP contribution in [-0.2, 0) is 0 Å². The van der Waals surface area contributed by atoms with Gasteiger partial charge in [-0.15, -0.1) is 0 Å². The first kappa shape index (κ1) is 8.78. The minimum Gasteiger partial charge on any atom is -0.507 e. The first-order valence-electron chi connectivity index (χ1n) is 3.98. The number of hydrogen-bond donors (Lipinski definition) is 1. The largest absolute Gasteiger partial charge is 0.507 e. The monoisotopic (exact) mass is 163 g/mol. The smallest absolute Gasteiger partial charge is 0.166 e. The van der Waals surface area contributed by atoms with Crippen LogP contribution in [0.2, 0.25) is 0 Å². The summed E-state index contributed by atoms with van der Waals surface area (Å²) in [5.74, 6) is 0.0269. The molecule has 2 nitrogen and oxygen atoms in total. The standard InChI is InChI=1S/C10H11O2/c1-2-5-9(11)8-6-3-4-7-10(8)12/h4,6-7,12H,2,5H2,1H3. The molecule has 2 heteroatoms. The molecule has 0 saturated heterocycles. The van der Waals surface area contributed by atoms with Gasteiger partial charge in [-0.05, 0) is 24.6 Å². The zero-order valence-electron chi connectivity index (χ0n) is 7.00. The van der Waals surface area contributed by atoms with Gasteiger partial charge in [0.05, 0.1) is 5.56 Å². The first-order valence-corrected chi connectivity index (χ1v) is 3.98. The molecule has 1 radical (unpaired) electrons. The average molecular weight is 163 g/mol. The number of ketones is 1. The second-order valence-corrected chi connectivity index (χ2v) is 2.62. The van der Waals surface area contributed by atoms with Crippen molar-refractivity contribution in [2.75, 3.05) is 0 Å². The number of carbonyl (C=O) groups excluding carboxylic acids is 1. The molecule has 0 fully saturated rings. The van der Waals surface area contributed by atoms with Gasteiger partial charge in [0.2, 0.25) is 0 Å². The molecule has 1 N–H and O–H groups in total. The van der Waals surface area contributed by atoms with Gasteiger partial charge in [-0.2, -0.15) is 0 Å². The molecule has 1 rings (SSSR count). The fourth-order valence-corrected chi connectivity index (χ4v) is 1.01. The van der Waals surface area contributed by atoms with Crippen molar-refractivity contribution in [3.63, 3.8) is 0 Å². The van der Waals surface area contributed by atoms with Crippen LogP contribution in [0.1, 0.15) is 30.1 Å². The number of phenolic OH excluding ortho intramolecular Hbond substituents is 1. The lowest BCUT2D eigenvalue weighted by atomic mass is 10.1. The highest BCUT2D eigenvalue weighted by Crippen LogP contribution is 2.17. The highest BCUT2D eigenvalue weighted by molar-refractivity contribution is 5.98. The zero-order valence-corrected chi connectivity index (χ0v) is 7.00. The summed E-state index contributed by atoms with van der Waals surface area (Å²) in [5, 5.41) is 9.27. The summed E-state index contributed by atoms with van der Waals surface area (Å²) in [5.41, 5.74) is 0.374. The maximum atomic E-state index is 11.3. The zero-order chi connectivity index (χ0) is 8.97. The Kier molecular flexibility index (Phi) is 2.86. The predicted octanol–water partition coefficient (Wildman–Crippen LogP) is 2.18. The van der Waals surface area contributed by atoms with Gasteiger partial charge in [0, 0.05) is 6.42 Å². The van der Waals surface area contributed by atoms with Crippen LogP contribution in [0, 0.1) is 6.07 Å². The van der Waals surface area contributed by atoms with E-state index < -0.39 is 0 Å². The van der Waals surface area contributed by atoms with Gasteiger partial charge in [-0.3, -0.25) is 4.79 Å². The Morgan fingerprint density at radius 3 is 3.00 bits per heavy atom. The lowest BCUT2D eigenvalue weighted by Gasteiger charge is -2.00. The van der Waals surface area contributed by atoms with E-state index in [0.717, 1.165) is 6.42 Å². The Hall–Kier alpha value is -1.31. The maximum Gasteiger partial charge on any atom is 0.166 e. The Morgan fingerprint density at radius 2 is 2.42 bits per heavy atom. The van der Waals surface area contributed by atoms with Crippen molar-refractivity contribution < 1.29 is 9.90 Å². The quantitative estimate of drug-likeness (QED) is 0.693. The van der Waals surface area contributed by atoms with Crippen molar-refractivity contribution in [1.29, 1.82) is 0 Å². The van der Waals surface area contributed by atoms with Crippen molar-refractivity contribution in [3.05, 3.63) is 29.8 Å². The minimum atomic E-state index is -0.0214. The molecule has 0 aliphatic heterocycles. The number of hydrogen-bond acceptors (Lipinski definition) is 2. The number of Topliss-reactive ketones (excluding diaryl/α,β-unsaturated/α-hetero) is 1. The van der Waals surface area contributed by atoms with E-state index in [2.05, 4.69) is 6.07 Å². The molecule has 0 unspecified atom stereocenters. The SMILES string of the molecule is CCCC(=O)c1c[c]ccc1O. The van der Waals surface area contributed by atoms with E-state index in [1.54, 1.807) is 6.07 Å². The van der Waals surface area contributed by atoms with Crippen molar-refractivity contribution in [1.82, 2.24) is 0 Å². The molecule has 0 aliphatic rings. The third kappa shape index (κ3) is 1.84. The molecule has 0 atom stereocenters. The summed E-state index contributed by atoms with van der Waals surface area (Å²) in [6.45, 7) is 1.93. The molecule has 0 amide bonds. The van der Waals surface area contributed by atoms with Crippen LogP contribution >= 0.6 is 0 Å². The Bertz CT molecular complexity index is 279. The van der Waals surface area contributed by atoms with E-state index in [1.165, 1.54) is 12.1 Å². The molecule has 0 bridgehead atoms. The van der Waals surface area contributed by atoms with Gasteiger partial charge >= 0.3 is 0 Å². The van der Waals surface area contributed by atoms with Crippen molar-refractivity contribution in [2.24, 2.45) is 0 Å². The molecule has 0 aliphatic carbocycles. The van der Waals surface area contributed by atoms with Crippen LogP contribution < -0.4 is 0 Å². The second kappa shape index (κ2) is 3.90. The van der Waals surface area contributed by atoms with Crippen molar-refractivity contribution >= 4 is 5.78 Å². The second-order valence-electron chi connectivity index (χ2n) is 2.62. The molecule has 63 valence electrons. The van der Waals surface area contributed by atoms with E-state index >= 15 is 0 Å². The Labute approximate surface area is 71.8 Å². The third-order valence-corrected chi connectivity index (χ3v) is 1.62. The van der Waals surface area contributed by atoms with E-state index in [1.807, 2.05) is 6.92 Å². The molecule has 12 heavy (non-hydrogen) atoms. The Balaban J connectivity index is 2.87. The van der Waals surface area contributed by atoms with Crippen LogP contribution in [-0.4, -0.2) is 10.9 Å². The van der Waals surface area contributed by atoms with Crippen LogP contribution in [0.15, 0.2) is 18.2 Å². The number of carbonyl (C=O) groups is 1. The van der Waals surface area contributed by atoms with Crippen LogP contribution in [0.25, 0.3) is 0 Å². The fraction of sp³-hybridized carbons (Fsp3) is 0.300. The molecular formula is C10H11O2. The number of aromatic hydroxyl groups is 1. The van der Waals surface area contributed by atoms with Gasteiger partial charge in [0.1, 0.15) is 5.75 Å². The highest BCUT2D eigenvalue weighted by Gasteiger charge is 2.07. The van der Waals surface area contributed by atoms with Crippen LogP contribution in [0.3, 0.4) is 0 Å². The molecule has 0 heterocycles. The van der Waals surface area contributed by atoms with Crippen LogP contribution in [0.4, 0.5) is 0 Å². The molecular weight excluding hydrogens is 152 g/mol. The fourth-order valence-electron chi connectivity index (χ4n) is 1.01. The lowest BCUT2D eigenvalue weighted by molar-refractivity contribution is 0.0979. The van der Waals surface area contributed by atoms with E-state index in [9.17, 15) is 9.90 Å². The number of benzene rings is 1. The number of rotatable bonds is 3. The van der Waals surface area contributed by atoms with Crippen molar-refractivity contribution in [2.45, 2.75) is 19.8 Å². The topological polar surface area (TPSA) is 37.3 Å². The summed E-state index contributed by atoms with van der Waals surface area (Å²) in [4.78, 5) is 11.3. The maximum absolute atomic E-state index is 11.3. The average Bonchev–Trinajstić information content (AvgIpc) is 2.05. The van der Waals surface area contributed by atoms with E-state index in [-0.39, 0.29) is 11.5 Å². The summed E-state index contributed by atoms with van der Waals surface area (Å²) < 4.78 is 0. The lowest BCUT2D eigenvalue weighted by Crippen LogP contribution is -1.97. The molecule has 1 aromatic carbocycles. The minimum absolute atomic E-state index is 0.0214. The van der Waals surface area contributed by atoms with Gasteiger partial charge in [0.25, 0.3) is 0 Å². The third-order valence-electron chi connectivity index (χ3n) is 1.62. The highest BCUT2D eigenvalue weighted by atomic mass is 16.3. The van der Waals surface area contributed by atoms with Gasteiger partial charge < -0.3 is 5.11 Å². The van der Waals surface area contributed by atoms with Gasteiger partial charge in [-0.1, -0.05) is 13.0 Å². The normalized spacial score (nSPS) is 9.75.